The van der Waals surface area contributed by atoms with E-state index < -0.39 is 0 Å². The molecule has 0 spiro atoms. The third-order valence-electron chi connectivity index (χ3n) is 3.25. The third-order valence-corrected chi connectivity index (χ3v) is 3.25. The van der Waals surface area contributed by atoms with Crippen LogP contribution in [0, 0.1) is 6.92 Å². The van der Waals surface area contributed by atoms with Crippen LogP contribution in [-0.2, 0) is 4.79 Å². The van der Waals surface area contributed by atoms with Crippen LogP contribution in [0.1, 0.15) is 31.0 Å². The summed E-state index contributed by atoms with van der Waals surface area (Å²) in [7, 11) is 3.63. The van der Waals surface area contributed by atoms with Gasteiger partial charge in [0.25, 0.3) is 0 Å². The number of carbonyl (C=O) groups is 1. The second-order valence-corrected chi connectivity index (χ2v) is 4.77. The molecule has 0 N–H and O–H groups in total. The van der Waals surface area contributed by atoms with Crippen molar-refractivity contribution in [2.75, 3.05) is 27.2 Å². The largest absolute Gasteiger partial charge is 0.347 e. The highest BCUT2D eigenvalue weighted by Crippen LogP contribution is 2.22. The van der Waals surface area contributed by atoms with Crippen LogP contribution in [-0.4, -0.2) is 42.9 Å². The van der Waals surface area contributed by atoms with Crippen LogP contribution in [0.2, 0.25) is 0 Å². The summed E-state index contributed by atoms with van der Waals surface area (Å²) in [5, 5.41) is 0. The number of hydrogen-bond donors (Lipinski definition) is 0. The molecule has 0 saturated carbocycles. The first-order valence-electron chi connectivity index (χ1n) is 6.53. The molecule has 1 atom stereocenters. The van der Waals surface area contributed by atoms with E-state index in [9.17, 15) is 4.79 Å². The number of carbonyl (C=O) groups excluding carboxylic acids is 1. The van der Waals surface area contributed by atoms with Gasteiger partial charge in [-0.2, -0.15) is 0 Å². The predicted octanol–water partition coefficient (Wildman–Crippen LogP) is 2.47. The van der Waals surface area contributed by atoms with Crippen molar-refractivity contribution in [3.63, 3.8) is 0 Å². The van der Waals surface area contributed by atoms with Crippen LogP contribution in [0.4, 0.5) is 0 Å². The van der Waals surface area contributed by atoms with Crippen molar-refractivity contribution >= 4 is 5.91 Å². The maximum Gasteiger partial charge on any atom is 0.244 e. The molecule has 0 heterocycles. The highest BCUT2D eigenvalue weighted by molar-refractivity contribution is 5.82. The number of likely N-dealkylation sites (N-methyl/N-ethyl adjacent to an activating group) is 2. The molecule has 0 aliphatic heterocycles. The summed E-state index contributed by atoms with van der Waals surface area (Å²) in [5.41, 5.74) is 2.29. The van der Waals surface area contributed by atoms with Crippen LogP contribution < -0.4 is 0 Å². The normalized spacial score (nSPS) is 12.6. The fourth-order valence-corrected chi connectivity index (χ4v) is 2.09. The molecule has 0 aliphatic carbocycles. The van der Waals surface area contributed by atoms with Crippen molar-refractivity contribution in [3.8, 4) is 0 Å². The molecular weight excluding hydrogens is 224 g/mol. The van der Waals surface area contributed by atoms with E-state index in [2.05, 4.69) is 49.9 Å². The molecule has 18 heavy (non-hydrogen) atoms. The molecule has 0 radical (unpaired) electrons. The van der Waals surface area contributed by atoms with E-state index >= 15 is 0 Å². The summed E-state index contributed by atoms with van der Waals surface area (Å²) < 4.78 is 0. The summed E-state index contributed by atoms with van der Waals surface area (Å²) in [6.45, 7) is 7.98. The number of rotatable bonds is 5. The Morgan fingerprint density at radius 2 is 1.61 bits per heavy atom. The smallest absolute Gasteiger partial charge is 0.244 e. The molecular formula is C15H24N2O. The Kier molecular flexibility index (Phi) is 5.35. The lowest BCUT2D eigenvalue weighted by atomic mass is 10.0. The molecule has 1 rings (SSSR count). The number of nitrogens with zero attached hydrogens (tertiary/aromatic N) is 2. The highest BCUT2D eigenvalue weighted by atomic mass is 16.2. The molecule has 0 fully saturated rings. The lowest BCUT2D eigenvalue weighted by molar-refractivity contribution is -0.134. The fraction of sp³-hybridized carbons (Fsp3) is 0.533. The van der Waals surface area contributed by atoms with Gasteiger partial charge in [-0.15, -0.1) is 0 Å². The van der Waals surface area contributed by atoms with Gasteiger partial charge in [0, 0.05) is 14.1 Å². The van der Waals surface area contributed by atoms with E-state index in [1.165, 1.54) is 5.56 Å². The number of hydrogen-bond acceptors (Lipinski definition) is 2. The first-order chi connectivity index (χ1) is 8.51. The van der Waals surface area contributed by atoms with Gasteiger partial charge < -0.3 is 4.90 Å². The van der Waals surface area contributed by atoms with Gasteiger partial charge in [0.1, 0.15) is 6.04 Å². The van der Waals surface area contributed by atoms with Gasteiger partial charge in [0.05, 0.1) is 0 Å². The number of benzene rings is 1. The monoisotopic (exact) mass is 248 g/mol. The molecule has 1 aromatic rings. The standard InChI is InChI=1S/C15H24N2O/c1-6-17(7-2)14(15(18)16(4)5)13-10-8-12(3)9-11-13/h8-11,14H,6-7H2,1-5H3. The van der Waals surface area contributed by atoms with Crippen molar-refractivity contribution in [1.82, 2.24) is 9.80 Å². The van der Waals surface area contributed by atoms with Crippen LogP contribution in [0.25, 0.3) is 0 Å². The van der Waals surface area contributed by atoms with Crippen LogP contribution in [0.3, 0.4) is 0 Å². The summed E-state index contributed by atoms with van der Waals surface area (Å²) in [6, 6.07) is 8.07. The van der Waals surface area contributed by atoms with Gasteiger partial charge in [-0.25, -0.2) is 0 Å². The number of amides is 1. The zero-order valence-corrected chi connectivity index (χ0v) is 12.1. The molecule has 1 amide bonds. The van der Waals surface area contributed by atoms with Gasteiger partial charge in [0.15, 0.2) is 0 Å². The predicted molar refractivity (Wildman–Crippen MR) is 75.5 cm³/mol. The Bertz CT molecular complexity index is 380. The first-order valence-corrected chi connectivity index (χ1v) is 6.53. The Balaban J connectivity index is 3.11. The molecule has 0 aliphatic rings. The Morgan fingerprint density at radius 1 is 1.11 bits per heavy atom. The fourth-order valence-electron chi connectivity index (χ4n) is 2.09. The summed E-state index contributed by atoms with van der Waals surface area (Å²) in [5.74, 6) is 0.141. The Morgan fingerprint density at radius 3 is 2.00 bits per heavy atom. The molecule has 3 nitrogen and oxygen atoms in total. The van der Waals surface area contributed by atoms with Gasteiger partial charge in [-0.05, 0) is 25.6 Å². The van der Waals surface area contributed by atoms with E-state index in [4.69, 9.17) is 0 Å². The zero-order chi connectivity index (χ0) is 13.7. The van der Waals surface area contributed by atoms with Crippen molar-refractivity contribution in [3.05, 3.63) is 35.4 Å². The lowest BCUT2D eigenvalue weighted by Gasteiger charge is -2.31. The van der Waals surface area contributed by atoms with Gasteiger partial charge in [-0.3, -0.25) is 9.69 Å². The minimum Gasteiger partial charge on any atom is -0.347 e. The van der Waals surface area contributed by atoms with E-state index in [0.29, 0.717) is 0 Å². The quantitative estimate of drug-likeness (QED) is 0.799. The minimum atomic E-state index is -0.171. The molecule has 0 aromatic heterocycles. The van der Waals surface area contributed by atoms with Crippen molar-refractivity contribution < 1.29 is 4.79 Å². The number of aryl methyl sites for hydroxylation is 1. The second-order valence-electron chi connectivity index (χ2n) is 4.77. The first kappa shape index (κ1) is 14.7. The average Bonchev–Trinajstić information content (AvgIpc) is 2.36. The maximum absolute atomic E-state index is 12.4. The topological polar surface area (TPSA) is 23.6 Å². The van der Waals surface area contributed by atoms with Crippen LogP contribution >= 0.6 is 0 Å². The molecule has 100 valence electrons. The maximum atomic E-state index is 12.4. The van der Waals surface area contributed by atoms with Gasteiger partial charge in [0.2, 0.25) is 5.91 Å². The van der Waals surface area contributed by atoms with Crippen molar-refractivity contribution in [2.24, 2.45) is 0 Å². The van der Waals surface area contributed by atoms with Crippen molar-refractivity contribution in [1.29, 1.82) is 0 Å². The van der Waals surface area contributed by atoms with Crippen LogP contribution in [0.5, 0.6) is 0 Å². The molecule has 3 heteroatoms. The second kappa shape index (κ2) is 6.55. The van der Waals surface area contributed by atoms with E-state index in [0.717, 1.165) is 18.7 Å². The summed E-state index contributed by atoms with van der Waals surface area (Å²) in [6.07, 6.45) is 0. The minimum absolute atomic E-state index is 0.141. The Labute approximate surface area is 110 Å². The van der Waals surface area contributed by atoms with E-state index in [1.807, 2.05) is 14.1 Å². The van der Waals surface area contributed by atoms with Crippen LogP contribution in [0.15, 0.2) is 24.3 Å². The van der Waals surface area contributed by atoms with E-state index in [1.54, 1.807) is 4.90 Å². The third kappa shape index (κ3) is 3.33. The average molecular weight is 248 g/mol. The summed E-state index contributed by atoms with van der Waals surface area (Å²) >= 11 is 0. The SMILES string of the molecule is CCN(CC)C(C(=O)N(C)C)c1ccc(C)cc1. The van der Waals surface area contributed by atoms with Gasteiger partial charge >= 0.3 is 0 Å². The highest BCUT2D eigenvalue weighted by Gasteiger charge is 2.26. The summed E-state index contributed by atoms with van der Waals surface area (Å²) in [4.78, 5) is 16.2. The van der Waals surface area contributed by atoms with Gasteiger partial charge in [-0.1, -0.05) is 43.7 Å². The lowest BCUT2D eigenvalue weighted by Crippen LogP contribution is -2.40. The Hall–Kier alpha value is -1.35. The van der Waals surface area contributed by atoms with E-state index in [-0.39, 0.29) is 11.9 Å². The molecule has 1 aromatic carbocycles. The molecule has 0 bridgehead atoms. The zero-order valence-electron chi connectivity index (χ0n) is 12.1. The van der Waals surface area contributed by atoms with Crippen molar-refractivity contribution in [2.45, 2.75) is 26.8 Å². The molecule has 0 saturated heterocycles. The molecule has 1 unspecified atom stereocenters.